The van der Waals surface area contributed by atoms with E-state index in [4.69, 9.17) is 9.84 Å². The number of esters is 1. The smallest absolute Gasteiger partial charge is 0.305 e. The number of ether oxygens (including phenoxy) is 1. The van der Waals surface area contributed by atoms with Gasteiger partial charge in [-0.15, -0.1) is 0 Å². The third-order valence-electron chi connectivity index (χ3n) is 11.3. The summed E-state index contributed by atoms with van der Waals surface area (Å²) in [5.74, 6) is 0.0269. The summed E-state index contributed by atoms with van der Waals surface area (Å²) in [5.41, 5.74) is 0. The van der Waals surface area contributed by atoms with Crippen molar-refractivity contribution in [2.75, 3.05) is 13.2 Å². The highest BCUT2D eigenvalue weighted by Gasteiger charge is 2.03. The van der Waals surface area contributed by atoms with Gasteiger partial charge in [0.1, 0.15) is 0 Å². The van der Waals surface area contributed by atoms with Crippen LogP contribution in [0.2, 0.25) is 0 Å². The molecule has 0 aliphatic carbocycles. The van der Waals surface area contributed by atoms with Crippen LogP contribution in [0.1, 0.15) is 303 Å². The molecule has 0 aromatic carbocycles. The molecule has 3 heteroatoms. The van der Waals surface area contributed by atoms with Crippen molar-refractivity contribution in [3.8, 4) is 0 Å². The fraction of sp³-hybridized carbons (Fsp3) is 0.980. The lowest BCUT2D eigenvalue weighted by Gasteiger charge is -2.06. The second-order valence-corrected chi connectivity index (χ2v) is 16.8. The zero-order valence-corrected chi connectivity index (χ0v) is 37.3. The van der Waals surface area contributed by atoms with Crippen LogP contribution in [-0.4, -0.2) is 24.3 Å². The van der Waals surface area contributed by atoms with Gasteiger partial charge in [0.25, 0.3) is 0 Å². The summed E-state index contributed by atoms with van der Waals surface area (Å²) in [5, 5.41) is 8.64. The van der Waals surface area contributed by atoms with Crippen molar-refractivity contribution in [3.05, 3.63) is 0 Å². The standard InChI is InChI=1S/C34H68O2.C16H34O/c1-3-5-7-9-11-13-15-17-18-19-21-23-25-27-29-31-33-36-34(35)32-30-28-26-24-22-20-16-14-12-10-8-6-4-2;1-2-3-4-5-6-7-8-9-10-11-12-13-14-15-16-17/h3-33H2,1-2H3;17H,2-16H2,1H3. The van der Waals surface area contributed by atoms with E-state index in [0.29, 0.717) is 19.6 Å². The van der Waals surface area contributed by atoms with Gasteiger partial charge in [-0.3, -0.25) is 4.79 Å². The topological polar surface area (TPSA) is 46.5 Å². The van der Waals surface area contributed by atoms with Gasteiger partial charge in [0.05, 0.1) is 6.61 Å². The van der Waals surface area contributed by atoms with Crippen molar-refractivity contribution in [1.29, 1.82) is 0 Å². The highest BCUT2D eigenvalue weighted by atomic mass is 16.5. The lowest BCUT2D eigenvalue weighted by molar-refractivity contribution is -0.143. The molecule has 0 aliphatic heterocycles. The Bertz CT molecular complexity index is 606. The van der Waals surface area contributed by atoms with Crippen LogP contribution >= 0.6 is 0 Å². The van der Waals surface area contributed by atoms with Crippen LogP contribution in [0.15, 0.2) is 0 Å². The number of hydrogen-bond acceptors (Lipinski definition) is 3. The second-order valence-electron chi connectivity index (χ2n) is 16.8. The van der Waals surface area contributed by atoms with Crippen molar-refractivity contribution in [2.24, 2.45) is 0 Å². The molecule has 0 heterocycles. The maximum absolute atomic E-state index is 11.9. The van der Waals surface area contributed by atoms with E-state index in [-0.39, 0.29) is 5.97 Å². The second kappa shape index (κ2) is 53.5. The summed E-state index contributed by atoms with van der Waals surface area (Å²) in [7, 11) is 0. The molecule has 0 unspecified atom stereocenters. The van der Waals surface area contributed by atoms with E-state index in [1.54, 1.807) is 0 Å². The highest BCUT2D eigenvalue weighted by Crippen LogP contribution is 2.16. The van der Waals surface area contributed by atoms with Gasteiger partial charge in [0.15, 0.2) is 0 Å². The molecule has 0 saturated heterocycles. The maximum atomic E-state index is 11.9. The first kappa shape index (κ1) is 54.5. The minimum Gasteiger partial charge on any atom is -0.466 e. The Morgan fingerprint density at radius 2 is 0.509 bits per heavy atom. The molecule has 1 N–H and O–H groups in total. The normalized spacial score (nSPS) is 11.2. The lowest BCUT2D eigenvalue weighted by Crippen LogP contribution is -2.05. The molecule has 0 bridgehead atoms. The zero-order chi connectivity index (χ0) is 38.8. The minimum atomic E-state index is 0.0269. The van der Waals surface area contributed by atoms with Crippen LogP contribution in [-0.2, 0) is 9.53 Å². The molecule has 0 saturated carbocycles. The third-order valence-corrected chi connectivity index (χ3v) is 11.3. The number of rotatable bonds is 45. The number of carbonyl (C=O) groups is 1. The van der Waals surface area contributed by atoms with Gasteiger partial charge < -0.3 is 9.84 Å². The molecule has 0 radical (unpaired) electrons. The summed E-state index contributed by atoms with van der Waals surface area (Å²) in [6.45, 7) is 7.86. The molecule has 0 atom stereocenters. The van der Waals surface area contributed by atoms with Gasteiger partial charge in [-0.25, -0.2) is 0 Å². The SMILES string of the molecule is CCCCCCCCCCCCCCCCCCOC(=O)CCCCCCCCCCCCCCC.CCCCCCCCCCCCCCCCO. The van der Waals surface area contributed by atoms with Gasteiger partial charge in [0.2, 0.25) is 0 Å². The largest absolute Gasteiger partial charge is 0.466 e. The predicted octanol–water partition coefficient (Wildman–Crippen LogP) is 17.7. The van der Waals surface area contributed by atoms with Crippen molar-refractivity contribution in [2.45, 2.75) is 303 Å². The Morgan fingerprint density at radius 3 is 0.755 bits per heavy atom. The molecule has 0 rings (SSSR count). The molecule has 0 aromatic rings. The highest BCUT2D eigenvalue weighted by molar-refractivity contribution is 5.69. The van der Waals surface area contributed by atoms with Gasteiger partial charge >= 0.3 is 5.97 Å². The van der Waals surface area contributed by atoms with E-state index in [2.05, 4.69) is 20.8 Å². The predicted molar refractivity (Wildman–Crippen MR) is 238 cm³/mol. The van der Waals surface area contributed by atoms with E-state index in [9.17, 15) is 4.79 Å². The molecule has 53 heavy (non-hydrogen) atoms. The van der Waals surface area contributed by atoms with Gasteiger partial charge in [-0.05, 0) is 19.3 Å². The first-order chi connectivity index (χ1) is 26.2. The number of aliphatic hydroxyl groups excluding tert-OH is 1. The van der Waals surface area contributed by atoms with Crippen LogP contribution in [0.25, 0.3) is 0 Å². The Hall–Kier alpha value is -0.570. The molecular formula is C50H102O3. The quantitative estimate of drug-likeness (QED) is 0.0498. The van der Waals surface area contributed by atoms with Crippen LogP contribution in [0, 0.1) is 0 Å². The Balaban J connectivity index is 0. The third kappa shape index (κ3) is 55.9. The zero-order valence-electron chi connectivity index (χ0n) is 37.3. The Morgan fingerprint density at radius 1 is 0.302 bits per heavy atom. The van der Waals surface area contributed by atoms with Gasteiger partial charge in [-0.1, -0.05) is 278 Å². The van der Waals surface area contributed by atoms with Crippen LogP contribution < -0.4 is 0 Å². The van der Waals surface area contributed by atoms with Crippen LogP contribution in [0.3, 0.4) is 0 Å². The number of unbranched alkanes of at least 4 members (excludes halogenated alkanes) is 40. The van der Waals surface area contributed by atoms with Crippen molar-refractivity contribution in [3.63, 3.8) is 0 Å². The molecule has 3 nitrogen and oxygen atoms in total. The molecule has 0 amide bonds. The lowest BCUT2D eigenvalue weighted by atomic mass is 10.0. The van der Waals surface area contributed by atoms with E-state index >= 15 is 0 Å². The average Bonchev–Trinajstić information content (AvgIpc) is 3.17. The Labute approximate surface area is 336 Å². The minimum absolute atomic E-state index is 0.0269. The summed E-state index contributed by atoms with van der Waals surface area (Å²) in [6.07, 6.45) is 59.3. The van der Waals surface area contributed by atoms with Crippen molar-refractivity contribution in [1.82, 2.24) is 0 Å². The van der Waals surface area contributed by atoms with E-state index in [1.807, 2.05) is 0 Å². The fourth-order valence-electron chi connectivity index (χ4n) is 7.50. The van der Waals surface area contributed by atoms with E-state index in [1.165, 1.54) is 257 Å². The molecular weight excluding hydrogens is 649 g/mol. The molecule has 0 aromatic heterocycles. The molecule has 0 aliphatic rings. The number of hydrogen-bond donors (Lipinski definition) is 1. The monoisotopic (exact) mass is 751 g/mol. The van der Waals surface area contributed by atoms with Gasteiger partial charge in [0, 0.05) is 13.0 Å². The number of carbonyl (C=O) groups excluding carboxylic acids is 1. The van der Waals surface area contributed by atoms with Gasteiger partial charge in [-0.2, -0.15) is 0 Å². The van der Waals surface area contributed by atoms with E-state index < -0.39 is 0 Å². The number of aliphatic hydroxyl groups is 1. The Kier molecular flexibility index (Phi) is 55.1. The summed E-state index contributed by atoms with van der Waals surface area (Å²) < 4.78 is 5.43. The summed E-state index contributed by atoms with van der Waals surface area (Å²) >= 11 is 0. The van der Waals surface area contributed by atoms with Crippen molar-refractivity contribution < 1.29 is 14.6 Å². The molecule has 0 fully saturated rings. The first-order valence-corrected chi connectivity index (χ1v) is 25.0. The first-order valence-electron chi connectivity index (χ1n) is 25.0. The average molecular weight is 751 g/mol. The maximum Gasteiger partial charge on any atom is 0.305 e. The van der Waals surface area contributed by atoms with Crippen molar-refractivity contribution >= 4 is 5.97 Å². The van der Waals surface area contributed by atoms with Crippen LogP contribution in [0.4, 0.5) is 0 Å². The molecule has 320 valence electrons. The van der Waals surface area contributed by atoms with E-state index in [0.717, 1.165) is 19.3 Å². The summed E-state index contributed by atoms with van der Waals surface area (Å²) in [4.78, 5) is 11.9. The molecule has 0 spiro atoms. The fourth-order valence-corrected chi connectivity index (χ4v) is 7.50. The summed E-state index contributed by atoms with van der Waals surface area (Å²) in [6, 6.07) is 0. The van der Waals surface area contributed by atoms with Crippen LogP contribution in [0.5, 0.6) is 0 Å².